The first kappa shape index (κ1) is 17.4. The Morgan fingerprint density at radius 1 is 1.35 bits per heavy atom. The molecule has 23 heavy (non-hydrogen) atoms. The minimum absolute atomic E-state index is 0.0428. The van der Waals surface area contributed by atoms with E-state index in [1.165, 1.54) is 0 Å². The fourth-order valence-electron chi connectivity index (χ4n) is 2.88. The third-order valence-electron chi connectivity index (χ3n) is 4.19. The van der Waals surface area contributed by atoms with Gasteiger partial charge in [0, 0.05) is 37.8 Å². The van der Waals surface area contributed by atoms with Gasteiger partial charge in [-0.1, -0.05) is 19.0 Å². The molecule has 0 aromatic carbocycles. The van der Waals surface area contributed by atoms with Crippen molar-refractivity contribution in [2.24, 2.45) is 0 Å². The van der Waals surface area contributed by atoms with E-state index in [0.717, 1.165) is 19.3 Å². The van der Waals surface area contributed by atoms with Crippen LogP contribution in [-0.2, 0) is 16.0 Å². The van der Waals surface area contributed by atoms with Crippen molar-refractivity contribution >= 4 is 11.9 Å². The highest BCUT2D eigenvalue weighted by Crippen LogP contribution is 2.22. The molecule has 0 unspecified atom stereocenters. The van der Waals surface area contributed by atoms with Crippen molar-refractivity contribution in [2.75, 3.05) is 6.54 Å². The molecule has 1 aromatic rings. The Balaban J connectivity index is 1.87. The van der Waals surface area contributed by atoms with Crippen molar-refractivity contribution in [2.45, 2.75) is 70.8 Å². The minimum atomic E-state index is -0.810. The maximum Gasteiger partial charge on any atom is 0.303 e. The van der Waals surface area contributed by atoms with Gasteiger partial charge in [0.25, 0.3) is 0 Å². The normalized spacial score (nSPS) is 18.4. The zero-order valence-electron chi connectivity index (χ0n) is 13.8. The Kier molecular flexibility index (Phi) is 6.12. The first-order valence-corrected chi connectivity index (χ1v) is 8.31. The van der Waals surface area contributed by atoms with Crippen molar-refractivity contribution in [3.63, 3.8) is 0 Å². The molecule has 0 saturated carbocycles. The molecule has 128 valence electrons. The highest BCUT2D eigenvalue weighted by molar-refractivity contribution is 5.77. The number of aromatic nitrogens is 2. The standard InChI is InChI=1S/C16H25N3O4/c1-11(2)16-17-13(23-18-16)7-8-14(20)19-10-4-3-5-12(19)6-9-15(21)22/h11-12H,3-10H2,1-2H3,(H,21,22)/t12-/m1/s1. The molecule has 1 atom stereocenters. The van der Waals surface area contributed by atoms with E-state index in [4.69, 9.17) is 9.63 Å². The van der Waals surface area contributed by atoms with E-state index in [-0.39, 0.29) is 24.3 Å². The number of aryl methyl sites for hydroxylation is 1. The summed E-state index contributed by atoms with van der Waals surface area (Å²) in [6.07, 6.45) is 4.30. The summed E-state index contributed by atoms with van der Waals surface area (Å²) in [7, 11) is 0. The van der Waals surface area contributed by atoms with Gasteiger partial charge >= 0.3 is 5.97 Å². The van der Waals surface area contributed by atoms with Crippen LogP contribution in [0, 0.1) is 0 Å². The van der Waals surface area contributed by atoms with E-state index in [2.05, 4.69) is 10.1 Å². The number of carboxylic acid groups (broad SMARTS) is 1. The van der Waals surface area contributed by atoms with Crippen LogP contribution in [0.5, 0.6) is 0 Å². The predicted molar refractivity (Wildman–Crippen MR) is 82.9 cm³/mol. The molecular formula is C16H25N3O4. The van der Waals surface area contributed by atoms with Crippen molar-refractivity contribution in [1.29, 1.82) is 0 Å². The minimum Gasteiger partial charge on any atom is -0.481 e. The Hall–Kier alpha value is -1.92. The number of aliphatic carboxylic acids is 1. The van der Waals surface area contributed by atoms with Gasteiger partial charge in [-0.3, -0.25) is 9.59 Å². The summed E-state index contributed by atoms with van der Waals surface area (Å²) < 4.78 is 5.16. The highest BCUT2D eigenvalue weighted by atomic mass is 16.5. The van der Waals surface area contributed by atoms with Crippen molar-refractivity contribution in [1.82, 2.24) is 15.0 Å². The van der Waals surface area contributed by atoms with Crippen LogP contribution in [0.3, 0.4) is 0 Å². The van der Waals surface area contributed by atoms with Gasteiger partial charge in [0.05, 0.1) is 0 Å². The number of hydrogen-bond donors (Lipinski definition) is 1. The maximum absolute atomic E-state index is 12.5. The fraction of sp³-hybridized carbons (Fsp3) is 0.750. The Morgan fingerprint density at radius 3 is 2.78 bits per heavy atom. The van der Waals surface area contributed by atoms with Gasteiger partial charge in [-0.15, -0.1) is 0 Å². The number of nitrogens with zero attached hydrogens (tertiary/aromatic N) is 3. The number of amides is 1. The smallest absolute Gasteiger partial charge is 0.303 e. The molecule has 2 rings (SSSR count). The van der Waals surface area contributed by atoms with Crippen LogP contribution in [0.4, 0.5) is 0 Å². The fourth-order valence-corrected chi connectivity index (χ4v) is 2.88. The van der Waals surface area contributed by atoms with Crippen LogP contribution in [0.15, 0.2) is 4.52 Å². The second kappa shape index (κ2) is 8.08. The van der Waals surface area contributed by atoms with Gasteiger partial charge in [-0.2, -0.15) is 4.98 Å². The first-order chi connectivity index (χ1) is 11.0. The van der Waals surface area contributed by atoms with E-state index in [1.54, 1.807) is 0 Å². The molecular weight excluding hydrogens is 298 g/mol. The molecule has 0 aliphatic carbocycles. The number of carbonyl (C=O) groups excluding carboxylic acids is 1. The van der Waals surface area contributed by atoms with E-state index in [0.29, 0.717) is 37.5 Å². The predicted octanol–water partition coefficient (Wildman–Crippen LogP) is 2.37. The third-order valence-corrected chi connectivity index (χ3v) is 4.19. The number of likely N-dealkylation sites (tertiary alicyclic amines) is 1. The quantitative estimate of drug-likeness (QED) is 0.827. The average molecular weight is 323 g/mol. The Morgan fingerprint density at radius 2 is 2.13 bits per heavy atom. The average Bonchev–Trinajstić information content (AvgIpc) is 3.00. The van der Waals surface area contributed by atoms with E-state index in [9.17, 15) is 9.59 Å². The Bertz CT molecular complexity index is 541. The largest absolute Gasteiger partial charge is 0.481 e. The summed E-state index contributed by atoms with van der Waals surface area (Å²) in [5.74, 6) is 0.580. The maximum atomic E-state index is 12.5. The zero-order valence-corrected chi connectivity index (χ0v) is 13.8. The molecule has 1 aliphatic rings. The van der Waals surface area contributed by atoms with E-state index in [1.807, 2.05) is 18.7 Å². The lowest BCUT2D eigenvalue weighted by atomic mass is 9.97. The molecule has 1 aliphatic heterocycles. The van der Waals surface area contributed by atoms with Gasteiger partial charge in [0.2, 0.25) is 11.8 Å². The summed E-state index contributed by atoms with van der Waals surface area (Å²) in [5.41, 5.74) is 0. The molecule has 1 saturated heterocycles. The van der Waals surface area contributed by atoms with Gasteiger partial charge in [0.1, 0.15) is 0 Å². The molecule has 1 amide bonds. The lowest BCUT2D eigenvalue weighted by Gasteiger charge is -2.35. The summed E-state index contributed by atoms with van der Waals surface area (Å²) >= 11 is 0. The van der Waals surface area contributed by atoms with Crippen molar-refractivity contribution < 1.29 is 19.2 Å². The molecule has 1 N–H and O–H groups in total. The molecule has 7 nitrogen and oxygen atoms in total. The van der Waals surface area contributed by atoms with Crippen LogP contribution < -0.4 is 0 Å². The van der Waals surface area contributed by atoms with Gasteiger partial charge in [-0.25, -0.2) is 0 Å². The molecule has 1 fully saturated rings. The molecule has 0 spiro atoms. The number of carboxylic acids is 1. The van der Waals surface area contributed by atoms with Crippen LogP contribution in [0.1, 0.15) is 70.0 Å². The topological polar surface area (TPSA) is 96.5 Å². The van der Waals surface area contributed by atoms with Gasteiger partial charge in [0.15, 0.2) is 5.82 Å². The first-order valence-electron chi connectivity index (χ1n) is 8.31. The molecule has 7 heteroatoms. The molecule has 0 radical (unpaired) electrons. The molecule has 0 bridgehead atoms. The number of rotatable bonds is 7. The Labute approximate surface area is 136 Å². The van der Waals surface area contributed by atoms with E-state index < -0.39 is 5.97 Å². The van der Waals surface area contributed by atoms with Crippen LogP contribution in [0.2, 0.25) is 0 Å². The van der Waals surface area contributed by atoms with Crippen molar-refractivity contribution in [3.8, 4) is 0 Å². The van der Waals surface area contributed by atoms with Crippen molar-refractivity contribution in [3.05, 3.63) is 11.7 Å². The van der Waals surface area contributed by atoms with Gasteiger partial charge < -0.3 is 14.5 Å². The van der Waals surface area contributed by atoms with Gasteiger partial charge in [-0.05, 0) is 25.7 Å². The van der Waals surface area contributed by atoms with Crippen LogP contribution >= 0.6 is 0 Å². The summed E-state index contributed by atoms with van der Waals surface area (Å²) in [4.78, 5) is 29.3. The second-order valence-corrected chi connectivity index (χ2v) is 6.37. The number of carbonyl (C=O) groups is 2. The second-order valence-electron chi connectivity index (χ2n) is 6.37. The summed E-state index contributed by atoms with van der Waals surface area (Å²) in [6, 6.07) is 0.0428. The number of hydrogen-bond acceptors (Lipinski definition) is 5. The number of piperidine rings is 1. The third kappa shape index (κ3) is 5.04. The molecule has 2 heterocycles. The van der Waals surface area contributed by atoms with E-state index >= 15 is 0 Å². The monoisotopic (exact) mass is 323 g/mol. The van der Waals surface area contributed by atoms with Crippen LogP contribution in [-0.4, -0.2) is 44.6 Å². The lowest BCUT2D eigenvalue weighted by Crippen LogP contribution is -2.44. The molecule has 1 aromatic heterocycles. The summed E-state index contributed by atoms with van der Waals surface area (Å²) in [6.45, 7) is 4.69. The highest BCUT2D eigenvalue weighted by Gasteiger charge is 2.27. The lowest BCUT2D eigenvalue weighted by molar-refractivity contribution is -0.140. The SMILES string of the molecule is CC(C)c1noc(CCC(=O)N2CCCC[C@@H]2CCC(=O)O)n1. The van der Waals surface area contributed by atoms with Crippen LogP contribution in [0.25, 0.3) is 0 Å². The zero-order chi connectivity index (χ0) is 16.8. The summed E-state index contributed by atoms with van der Waals surface area (Å²) in [5, 5.41) is 12.7.